The Labute approximate surface area is 239 Å². The van der Waals surface area contributed by atoms with Gasteiger partial charge in [0.1, 0.15) is 28.7 Å². The van der Waals surface area contributed by atoms with E-state index in [9.17, 15) is 22.4 Å². The molecule has 0 bridgehead atoms. The number of alkyl halides is 3. The topological polar surface area (TPSA) is 62.1 Å². The fourth-order valence-corrected chi connectivity index (χ4v) is 5.20. The van der Waals surface area contributed by atoms with Gasteiger partial charge in [0.25, 0.3) is 5.91 Å². The Morgan fingerprint density at radius 2 is 1.83 bits per heavy atom. The number of benzene rings is 2. The number of imidazole rings is 1. The summed E-state index contributed by atoms with van der Waals surface area (Å²) in [5, 5.41) is 2.81. The minimum atomic E-state index is -4.40. The van der Waals surface area contributed by atoms with Crippen LogP contribution in [0.25, 0.3) is 5.65 Å². The molecule has 1 saturated heterocycles. The van der Waals surface area contributed by atoms with Crippen LogP contribution in [0.15, 0.2) is 60.8 Å². The summed E-state index contributed by atoms with van der Waals surface area (Å²) >= 11 is 0. The van der Waals surface area contributed by atoms with Crippen molar-refractivity contribution in [3.05, 3.63) is 89.4 Å². The van der Waals surface area contributed by atoms with E-state index in [4.69, 9.17) is 4.74 Å². The van der Waals surface area contributed by atoms with Gasteiger partial charge >= 0.3 is 6.18 Å². The molecular formula is C30H30F5N5O2. The molecule has 4 aromatic rings. The number of hydrogen-bond acceptors (Lipinski definition) is 5. The van der Waals surface area contributed by atoms with Gasteiger partial charge in [-0.3, -0.25) is 9.20 Å². The second kappa shape index (κ2) is 11.9. The molecule has 0 unspecified atom stereocenters. The highest BCUT2D eigenvalue weighted by atomic mass is 19.4. The second-order valence-electron chi connectivity index (χ2n) is 10.2. The lowest BCUT2D eigenvalue weighted by molar-refractivity contribution is -0.153. The molecule has 0 radical (unpaired) electrons. The van der Waals surface area contributed by atoms with E-state index in [0.717, 1.165) is 5.69 Å². The minimum Gasteiger partial charge on any atom is -0.484 e. The SMILES string of the molecule is CCc1nc2cc(F)ccn2c1C(=O)NCc1ccc(N2CCN(c3ccc(OCC(F)(F)F)cc3)[C@@H](C)C2)c(F)c1. The van der Waals surface area contributed by atoms with Crippen molar-refractivity contribution in [2.45, 2.75) is 39.0 Å². The quantitative estimate of drug-likeness (QED) is 0.266. The van der Waals surface area contributed by atoms with Crippen LogP contribution in [0, 0.1) is 11.6 Å². The average molecular weight is 588 g/mol. The summed E-state index contributed by atoms with van der Waals surface area (Å²) in [5.41, 5.74) is 3.08. The summed E-state index contributed by atoms with van der Waals surface area (Å²) in [5.74, 6) is -1.10. The lowest BCUT2D eigenvalue weighted by Crippen LogP contribution is -2.52. The number of amides is 1. The first-order valence-electron chi connectivity index (χ1n) is 13.6. The first-order chi connectivity index (χ1) is 20.0. The number of carbonyl (C=O) groups is 1. The summed E-state index contributed by atoms with van der Waals surface area (Å²) in [4.78, 5) is 21.4. The van der Waals surface area contributed by atoms with Crippen LogP contribution < -0.4 is 19.9 Å². The molecule has 2 aromatic heterocycles. The zero-order valence-electron chi connectivity index (χ0n) is 23.1. The second-order valence-corrected chi connectivity index (χ2v) is 10.2. The van der Waals surface area contributed by atoms with Crippen molar-refractivity contribution in [1.82, 2.24) is 14.7 Å². The normalized spacial score (nSPS) is 15.7. The molecule has 0 saturated carbocycles. The van der Waals surface area contributed by atoms with Crippen LogP contribution in [0.1, 0.15) is 35.6 Å². The van der Waals surface area contributed by atoms with Gasteiger partial charge in [-0.2, -0.15) is 13.2 Å². The molecule has 1 N–H and O–H groups in total. The highest BCUT2D eigenvalue weighted by Gasteiger charge is 2.29. The number of nitrogens with zero attached hydrogens (tertiary/aromatic N) is 4. The Balaban J connectivity index is 1.20. The number of halogens is 5. The van der Waals surface area contributed by atoms with Gasteiger partial charge < -0.3 is 19.9 Å². The lowest BCUT2D eigenvalue weighted by atomic mass is 10.1. The fourth-order valence-electron chi connectivity index (χ4n) is 5.20. The molecule has 1 fully saturated rings. The number of ether oxygens (including phenoxy) is 1. The van der Waals surface area contributed by atoms with E-state index in [2.05, 4.69) is 15.2 Å². The van der Waals surface area contributed by atoms with E-state index >= 15 is 4.39 Å². The van der Waals surface area contributed by atoms with Gasteiger partial charge in [-0.05, 0) is 61.4 Å². The van der Waals surface area contributed by atoms with Gasteiger partial charge in [-0.1, -0.05) is 13.0 Å². The summed E-state index contributed by atoms with van der Waals surface area (Å²) < 4.78 is 72.4. The largest absolute Gasteiger partial charge is 0.484 e. The zero-order valence-corrected chi connectivity index (χ0v) is 23.1. The first kappa shape index (κ1) is 29.2. The average Bonchev–Trinajstić information content (AvgIpc) is 3.32. The van der Waals surface area contributed by atoms with Crippen molar-refractivity contribution in [2.24, 2.45) is 0 Å². The summed E-state index contributed by atoms with van der Waals surface area (Å²) in [6.45, 7) is 4.28. The maximum atomic E-state index is 15.2. The van der Waals surface area contributed by atoms with E-state index in [1.54, 1.807) is 24.3 Å². The van der Waals surface area contributed by atoms with E-state index in [1.807, 2.05) is 18.7 Å². The molecule has 42 heavy (non-hydrogen) atoms. The molecule has 7 nitrogen and oxygen atoms in total. The molecule has 5 rings (SSSR count). The molecule has 2 aromatic carbocycles. The Kier molecular flexibility index (Phi) is 8.24. The van der Waals surface area contributed by atoms with Crippen molar-refractivity contribution < 1.29 is 31.5 Å². The maximum absolute atomic E-state index is 15.2. The van der Waals surface area contributed by atoms with E-state index in [1.165, 1.54) is 40.9 Å². The highest BCUT2D eigenvalue weighted by molar-refractivity contribution is 5.94. The molecule has 1 amide bonds. The molecule has 3 heterocycles. The van der Waals surface area contributed by atoms with Gasteiger partial charge in [-0.15, -0.1) is 0 Å². The summed E-state index contributed by atoms with van der Waals surface area (Å²) in [6.07, 6.45) is -2.45. The van der Waals surface area contributed by atoms with Gasteiger partial charge in [0.15, 0.2) is 6.61 Å². The van der Waals surface area contributed by atoms with Crippen LogP contribution in [0.3, 0.4) is 0 Å². The fraction of sp³-hybridized carbons (Fsp3) is 0.333. The monoisotopic (exact) mass is 587 g/mol. The molecule has 12 heteroatoms. The molecule has 1 aliphatic heterocycles. The van der Waals surface area contributed by atoms with Crippen molar-refractivity contribution in [1.29, 1.82) is 0 Å². The zero-order chi connectivity index (χ0) is 30.0. The third kappa shape index (κ3) is 6.42. The number of hydrogen-bond donors (Lipinski definition) is 1. The van der Waals surface area contributed by atoms with Crippen molar-refractivity contribution >= 4 is 22.9 Å². The van der Waals surface area contributed by atoms with E-state index in [-0.39, 0.29) is 24.2 Å². The van der Waals surface area contributed by atoms with Crippen molar-refractivity contribution in [3.63, 3.8) is 0 Å². The smallest absolute Gasteiger partial charge is 0.422 e. The third-order valence-electron chi connectivity index (χ3n) is 7.21. The lowest BCUT2D eigenvalue weighted by Gasteiger charge is -2.42. The van der Waals surface area contributed by atoms with Crippen molar-refractivity contribution in [2.75, 3.05) is 36.0 Å². The predicted octanol–water partition coefficient (Wildman–Crippen LogP) is 5.76. The number of pyridine rings is 1. The Bertz CT molecular complexity index is 1570. The Hall–Kier alpha value is -4.35. The number of carbonyl (C=O) groups excluding carboxylic acids is 1. The number of nitrogens with one attached hydrogen (secondary N) is 1. The minimum absolute atomic E-state index is 0.00535. The van der Waals surface area contributed by atoms with Crippen LogP contribution in [0.2, 0.25) is 0 Å². The number of fused-ring (bicyclic) bond motifs is 1. The van der Waals surface area contributed by atoms with Crippen LogP contribution in [0.5, 0.6) is 5.75 Å². The Morgan fingerprint density at radius 3 is 2.50 bits per heavy atom. The van der Waals surface area contributed by atoms with Gasteiger partial charge in [0.2, 0.25) is 0 Å². The van der Waals surface area contributed by atoms with Crippen LogP contribution in [0.4, 0.5) is 33.3 Å². The Morgan fingerprint density at radius 1 is 1.07 bits per heavy atom. The molecule has 222 valence electrons. The number of aryl methyl sites for hydroxylation is 1. The predicted molar refractivity (Wildman–Crippen MR) is 149 cm³/mol. The van der Waals surface area contributed by atoms with Crippen LogP contribution in [-0.4, -0.2) is 53.8 Å². The summed E-state index contributed by atoms with van der Waals surface area (Å²) in [7, 11) is 0. The number of anilines is 2. The van der Waals surface area contributed by atoms with Crippen LogP contribution >= 0.6 is 0 Å². The number of aromatic nitrogens is 2. The number of rotatable bonds is 8. The van der Waals surface area contributed by atoms with E-state index in [0.29, 0.717) is 54.3 Å². The van der Waals surface area contributed by atoms with Gasteiger partial charge in [0, 0.05) is 50.2 Å². The van der Waals surface area contributed by atoms with E-state index < -0.39 is 24.4 Å². The van der Waals surface area contributed by atoms with Gasteiger partial charge in [-0.25, -0.2) is 13.8 Å². The molecule has 0 aliphatic carbocycles. The standard InChI is InChI=1S/C30H30F5N5O2/c1-3-25-28(40-11-10-21(31)15-27(40)37-25)29(41)36-16-20-4-9-26(24(32)14-20)38-12-13-39(19(2)17-38)22-5-7-23(8-6-22)42-18-30(33,34)35/h4-11,14-15,19H,3,12-13,16-18H2,1-2H3,(H,36,41)/t19-/m0/s1. The third-order valence-corrected chi connectivity index (χ3v) is 7.21. The molecule has 1 atom stereocenters. The number of piperazine rings is 1. The summed E-state index contributed by atoms with van der Waals surface area (Å²) in [6, 6.07) is 13.8. The highest BCUT2D eigenvalue weighted by Crippen LogP contribution is 2.28. The van der Waals surface area contributed by atoms with Crippen LogP contribution in [-0.2, 0) is 13.0 Å². The van der Waals surface area contributed by atoms with Crippen molar-refractivity contribution in [3.8, 4) is 5.75 Å². The molecule has 0 spiro atoms. The maximum Gasteiger partial charge on any atom is 0.422 e. The first-order valence-corrected chi connectivity index (χ1v) is 13.6. The van der Waals surface area contributed by atoms with Gasteiger partial charge in [0.05, 0.1) is 11.4 Å². The molecular weight excluding hydrogens is 557 g/mol. The molecule has 1 aliphatic rings.